The summed E-state index contributed by atoms with van der Waals surface area (Å²) in [5, 5.41) is 11.8. The summed E-state index contributed by atoms with van der Waals surface area (Å²) in [6.07, 6.45) is -12.6. The molecule has 3 rings (SSSR count). The van der Waals surface area contributed by atoms with Crippen LogP contribution < -0.4 is 10.0 Å². The molecule has 2 aromatic rings. The number of nitrogens with one attached hydrogen (secondary N) is 2. The van der Waals surface area contributed by atoms with Gasteiger partial charge in [0.2, 0.25) is 5.91 Å². The summed E-state index contributed by atoms with van der Waals surface area (Å²) < 4.78 is 118. The number of fused-ring (bicyclic) bond motifs is 1. The Morgan fingerprint density at radius 1 is 0.968 bits per heavy atom. The first kappa shape index (κ1) is 22.8. The normalized spacial score (nSPS) is 14.9. The zero-order chi connectivity index (χ0) is 23.4. The van der Waals surface area contributed by atoms with Crippen LogP contribution in [0.2, 0.25) is 0 Å². The minimum Gasteiger partial charge on any atom is -0.369 e. The fraction of sp³-hybridized carbons (Fsp3) is 0.235. The molecule has 0 radical (unpaired) electrons. The Morgan fingerprint density at radius 3 is 2.13 bits per heavy atom. The number of hydrogen-bond acceptors (Lipinski definition) is 4. The minimum absolute atomic E-state index is 0.104. The maximum absolute atomic E-state index is 14.2. The number of hydrogen-bond donors (Lipinski definition) is 3. The standard InChI is InChI=1S/C17H11F7N2O4S/c18-11-7-9(15(28,16(19,20)21)17(22,23)24)1-3-13(11)26-31(29,30)10-2-4-12-8(5-10)6-14(27)25-12/h1-5,7,26,28H,6H2,(H,25,27). The zero-order valence-electron chi connectivity index (χ0n) is 14.9. The molecule has 0 saturated carbocycles. The van der Waals surface area contributed by atoms with E-state index < -0.39 is 49.9 Å². The Hall–Kier alpha value is -2.87. The number of halogens is 7. The van der Waals surface area contributed by atoms with E-state index in [0.717, 1.165) is 12.1 Å². The number of amides is 1. The van der Waals surface area contributed by atoms with Crippen molar-refractivity contribution < 1.29 is 49.1 Å². The van der Waals surface area contributed by atoms with Crippen molar-refractivity contribution in [1.29, 1.82) is 0 Å². The van der Waals surface area contributed by atoms with Crippen LogP contribution in [0.3, 0.4) is 0 Å². The van der Waals surface area contributed by atoms with E-state index in [0.29, 0.717) is 17.3 Å². The molecule has 0 unspecified atom stereocenters. The van der Waals surface area contributed by atoms with Gasteiger partial charge in [-0.3, -0.25) is 9.52 Å². The first-order valence-corrected chi connectivity index (χ1v) is 9.66. The van der Waals surface area contributed by atoms with Crippen LogP contribution in [0.4, 0.5) is 42.1 Å². The number of alkyl halides is 6. The van der Waals surface area contributed by atoms with E-state index in [2.05, 4.69) is 5.32 Å². The van der Waals surface area contributed by atoms with Gasteiger partial charge in [0, 0.05) is 11.3 Å². The minimum atomic E-state index is -6.23. The lowest BCUT2D eigenvalue weighted by Gasteiger charge is -2.32. The molecule has 6 nitrogen and oxygen atoms in total. The summed E-state index contributed by atoms with van der Waals surface area (Å²) in [6, 6.07) is 3.60. The third kappa shape index (κ3) is 3.92. The van der Waals surface area contributed by atoms with Gasteiger partial charge < -0.3 is 10.4 Å². The van der Waals surface area contributed by atoms with Gasteiger partial charge in [0.05, 0.1) is 17.0 Å². The molecule has 168 valence electrons. The largest absolute Gasteiger partial charge is 0.430 e. The maximum atomic E-state index is 14.2. The third-order valence-corrected chi connectivity index (χ3v) is 5.83. The van der Waals surface area contributed by atoms with Crippen molar-refractivity contribution in [3.05, 3.63) is 53.3 Å². The van der Waals surface area contributed by atoms with Crippen molar-refractivity contribution in [2.75, 3.05) is 10.0 Å². The van der Waals surface area contributed by atoms with Crippen molar-refractivity contribution in [2.24, 2.45) is 0 Å². The molecule has 0 bridgehead atoms. The number of benzene rings is 2. The molecular formula is C17H11F7N2O4S. The smallest absolute Gasteiger partial charge is 0.369 e. The summed E-state index contributed by atoms with van der Waals surface area (Å²) in [5.74, 6) is -2.17. The second-order valence-corrected chi connectivity index (χ2v) is 8.23. The van der Waals surface area contributed by atoms with Gasteiger partial charge in [0.15, 0.2) is 0 Å². The van der Waals surface area contributed by atoms with E-state index >= 15 is 0 Å². The molecule has 1 heterocycles. The molecule has 1 aliphatic rings. The molecule has 0 atom stereocenters. The molecule has 3 N–H and O–H groups in total. The van der Waals surface area contributed by atoms with E-state index in [1.54, 1.807) is 4.72 Å². The molecule has 1 amide bonds. The Balaban J connectivity index is 1.95. The highest BCUT2D eigenvalue weighted by Crippen LogP contribution is 2.50. The Kier molecular flexibility index (Phi) is 5.21. The van der Waals surface area contributed by atoms with Crippen LogP contribution in [0.15, 0.2) is 41.3 Å². The third-order valence-electron chi connectivity index (χ3n) is 4.46. The van der Waals surface area contributed by atoms with Crippen LogP contribution >= 0.6 is 0 Å². The van der Waals surface area contributed by atoms with E-state index in [4.69, 9.17) is 0 Å². The van der Waals surface area contributed by atoms with Crippen LogP contribution in [-0.2, 0) is 26.8 Å². The van der Waals surface area contributed by atoms with E-state index in [1.165, 1.54) is 6.07 Å². The number of anilines is 2. The predicted octanol–water partition coefficient (Wildman–Crippen LogP) is 3.43. The highest BCUT2D eigenvalue weighted by atomic mass is 32.2. The molecule has 0 aliphatic carbocycles. The summed E-state index contributed by atoms with van der Waals surface area (Å²) in [6.45, 7) is 0. The van der Waals surface area contributed by atoms with Gasteiger partial charge in [-0.2, -0.15) is 26.3 Å². The van der Waals surface area contributed by atoms with Gasteiger partial charge in [-0.05, 0) is 35.9 Å². The summed E-state index contributed by atoms with van der Waals surface area (Å²) in [7, 11) is -4.52. The summed E-state index contributed by atoms with van der Waals surface area (Å²) in [5.41, 5.74) is -7.51. The monoisotopic (exact) mass is 472 g/mol. The molecule has 31 heavy (non-hydrogen) atoms. The van der Waals surface area contributed by atoms with Gasteiger partial charge in [-0.1, -0.05) is 6.07 Å². The lowest BCUT2D eigenvalue weighted by Crippen LogP contribution is -2.54. The molecule has 1 aliphatic heterocycles. The van der Waals surface area contributed by atoms with Gasteiger partial charge >= 0.3 is 12.4 Å². The zero-order valence-corrected chi connectivity index (χ0v) is 15.7. The van der Waals surface area contributed by atoms with Crippen molar-refractivity contribution in [2.45, 2.75) is 29.3 Å². The number of carbonyl (C=O) groups excluding carboxylic acids is 1. The summed E-state index contributed by atoms with van der Waals surface area (Å²) in [4.78, 5) is 10.9. The maximum Gasteiger partial charge on any atom is 0.430 e. The van der Waals surface area contributed by atoms with Crippen LogP contribution in [0.5, 0.6) is 0 Å². The first-order valence-electron chi connectivity index (χ1n) is 8.18. The van der Waals surface area contributed by atoms with Crippen LogP contribution in [0, 0.1) is 5.82 Å². The lowest BCUT2D eigenvalue weighted by atomic mass is 9.92. The average Bonchev–Trinajstić information content (AvgIpc) is 2.99. The molecule has 14 heteroatoms. The Morgan fingerprint density at radius 2 is 1.58 bits per heavy atom. The molecule has 2 aromatic carbocycles. The van der Waals surface area contributed by atoms with Crippen LogP contribution in [0.1, 0.15) is 11.1 Å². The predicted molar refractivity (Wildman–Crippen MR) is 92.0 cm³/mol. The fourth-order valence-electron chi connectivity index (χ4n) is 2.89. The fourth-order valence-corrected chi connectivity index (χ4v) is 4.00. The van der Waals surface area contributed by atoms with Gasteiger partial charge in [0.25, 0.3) is 15.6 Å². The number of carbonyl (C=O) groups is 1. The van der Waals surface area contributed by atoms with Crippen LogP contribution in [-0.4, -0.2) is 31.8 Å². The van der Waals surface area contributed by atoms with Gasteiger partial charge in [0.1, 0.15) is 5.82 Å². The average molecular weight is 472 g/mol. The van der Waals surface area contributed by atoms with Crippen LogP contribution in [0.25, 0.3) is 0 Å². The first-order chi connectivity index (χ1) is 14.1. The molecule has 0 spiro atoms. The van der Waals surface area contributed by atoms with E-state index in [1.807, 2.05) is 0 Å². The van der Waals surface area contributed by atoms with E-state index in [9.17, 15) is 49.1 Å². The molecule has 0 aromatic heterocycles. The summed E-state index contributed by atoms with van der Waals surface area (Å²) >= 11 is 0. The SMILES string of the molecule is O=C1Cc2cc(S(=O)(=O)Nc3ccc(C(O)(C(F)(F)F)C(F)(F)F)cc3F)ccc2N1. The van der Waals surface area contributed by atoms with Crippen molar-refractivity contribution in [3.63, 3.8) is 0 Å². The topological polar surface area (TPSA) is 95.5 Å². The Labute approximate surface area is 169 Å². The van der Waals surface area contributed by atoms with Gasteiger partial charge in [-0.25, -0.2) is 12.8 Å². The molecule has 0 fully saturated rings. The van der Waals surface area contributed by atoms with Crippen molar-refractivity contribution in [1.82, 2.24) is 0 Å². The number of aliphatic hydroxyl groups is 1. The Bertz CT molecular complexity index is 1150. The second kappa shape index (κ2) is 7.09. The second-order valence-electron chi connectivity index (χ2n) is 6.55. The van der Waals surface area contributed by atoms with Gasteiger partial charge in [-0.15, -0.1) is 0 Å². The van der Waals surface area contributed by atoms with Crippen molar-refractivity contribution in [3.8, 4) is 0 Å². The highest BCUT2D eigenvalue weighted by Gasteiger charge is 2.71. The van der Waals surface area contributed by atoms with Crippen molar-refractivity contribution >= 4 is 27.3 Å². The lowest BCUT2D eigenvalue weighted by molar-refractivity contribution is -0.376. The number of sulfonamides is 1. The highest BCUT2D eigenvalue weighted by molar-refractivity contribution is 7.92. The molecular weight excluding hydrogens is 461 g/mol. The quantitative estimate of drug-likeness (QED) is 0.595. The molecule has 0 saturated heterocycles. The number of rotatable bonds is 4. The van der Waals surface area contributed by atoms with E-state index in [-0.39, 0.29) is 24.5 Å².